The molecule has 1 saturated heterocycles. The molecule has 0 radical (unpaired) electrons. The molecule has 0 unspecified atom stereocenters. The first-order valence-electron chi connectivity index (χ1n) is 9.10. The number of aromatic amines is 1. The molecule has 1 fully saturated rings. The Morgan fingerprint density at radius 2 is 1.75 bits per heavy atom. The van der Waals surface area contributed by atoms with Crippen LogP contribution in [0.15, 0.2) is 67.0 Å². The van der Waals surface area contributed by atoms with Gasteiger partial charge in [0, 0.05) is 42.0 Å². The Hall–Kier alpha value is -3.05. The molecule has 0 saturated carbocycles. The molecule has 1 aliphatic heterocycles. The number of aromatic nitrogens is 1. The van der Waals surface area contributed by atoms with Crippen molar-refractivity contribution in [2.24, 2.45) is 0 Å². The van der Waals surface area contributed by atoms with E-state index in [1.165, 1.54) is 0 Å². The quantitative estimate of drug-likeness (QED) is 0.660. The smallest absolute Gasteiger partial charge is 0.253 e. The molecule has 0 bridgehead atoms. The summed E-state index contributed by atoms with van der Waals surface area (Å²) >= 11 is 6.14. The van der Waals surface area contributed by atoms with E-state index >= 15 is 0 Å². The minimum atomic E-state index is -0.0849. The van der Waals surface area contributed by atoms with E-state index in [4.69, 9.17) is 16.3 Å². The topological polar surface area (TPSA) is 62.4 Å². The van der Waals surface area contributed by atoms with Crippen LogP contribution < -0.4 is 4.74 Å². The third-order valence-corrected chi connectivity index (χ3v) is 5.13. The van der Waals surface area contributed by atoms with Gasteiger partial charge in [-0.3, -0.25) is 9.59 Å². The summed E-state index contributed by atoms with van der Waals surface area (Å²) in [6, 6.07) is 15.8. The van der Waals surface area contributed by atoms with E-state index in [2.05, 4.69) is 4.98 Å². The normalized spacial score (nSPS) is 16.2. The maximum absolute atomic E-state index is 12.8. The molecule has 3 aromatic rings. The lowest BCUT2D eigenvalue weighted by Gasteiger charge is -2.18. The van der Waals surface area contributed by atoms with Gasteiger partial charge in [0.15, 0.2) is 5.78 Å². The van der Waals surface area contributed by atoms with Crippen molar-refractivity contribution in [2.45, 2.75) is 12.5 Å². The van der Waals surface area contributed by atoms with Crippen LogP contribution in [0.1, 0.15) is 32.7 Å². The predicted octanol–water partition coefficient (Wildman–Crippen LogP) is 4.19. The molecular formula is C22H19ClN2O3. The Labute approximate surface area is 167 Å². The van der Waals surface area contributed by atoms with E-state index in [1.807, 2.05) is 18.2 Å². The summed E-state index contributed by atoms with van der Waals surface area (Å²) < 4.78 is 5.94. The van der Waals surface area contributed by atoms with Crippen molar-refractivity contribution in [1.82, 2.24) is 9.88 Å². The van der Waals surface area contributed by atoms with Gasteiger partial charge in [0.2, 0.25) is 0 Å². The number of ether oxygens (including phenoxy) is 1. The number of nitrogens with one attached hydrogen (secondary N) is 1. The van der Waals surface area contributed by atoms with Gasteiger partial charge >= 0.3 is 0 Å². The third-order valence-electron chi connectivity index (χ3n) is 4.82. The maximum atomic E-state index is 12.8. The van der Waals surface area contributed by atoms with Gasteiger partial charge in [-0.15, -0.1) is 0 Å². The van der Waals surface area contributed by atoms with Crippen molar-refractivity contribution in [3.63, 3.8) is 0 Å². The molecule has 1 aromatic heterocycles. The highest BCUT2D eigenvalue weighted by molar-refractivity contribution is 6.32. The number of H-pyrrole nitrogens is 1. The lowest BCUT2D eigenvalue weighted by molar-refractivity contribution is 0.0772. The molecule has 2 aromatic carbocycles. The number of halogens is 1. The molecule has 2 heterocycles. The van der Waals surface area contributed by atoms with Crippen molar-refractivity contribution < 1.29 is 14.3 Å². The van der Waals surface area contributed by atoms with Crippen molar-refractivity contribution in [3.8, 4) is 5.75 Å². The van der Waals surface area contributed by atoms with Gasteiger partial charge in [0.05, 0.1) is 11.6 Å². The minimum absolute atomic E-state index is 0.0640. The van der Waals surface area contributed by atoms with Crippen LogP contribution in [0.25, 0.3) is 0 Å². The second-order valence-corrected chi connectivity index (χ2v) is 7.12. The monoisotopic (exact) mass is 394 g/mol. The second kappa shape index (κ2) is 7.90. The fourth-order valence-corrected chi connectivity index (χ4v) is 3.49. The summed E-state index contributed by atoms with van der Waals surface area (Å²) in [7, 11) is 0. The van der Waals surface area contributed by atoms with E-state index in [9.17, 15) is 9.59 Å². The summed E-state index contributed by atoms with van der Waals surface area (Å²) in [6.45, 7) is 1.13. The van der Waals surface area contributed by atoms with Crippen LogP contribution in [0.4, 0.5) is 0 Å². The van der Waals surface area contributed by atoms with Crippen LogP contribution in [0.3, 0.4) is 0 Å². The summed E-state index contributed by atoms with van der Waals surface area (Å²) in [5.41, 5.74) is 1.71. The zero-order valence-electron chi connectivity index (χ0n) is 15.1. The fraction of sp³-hybridized carbons (Fsp3) is 0.182. The number of hydrogen-bond donors (Lipinski definition) is 1. The van der Waals surface area contributed by atoms with E-state index in [1.54, 1.807) is 53.7 Å². The highest BCUT2D eigenvalue weighted by Crippen LogP contribution is 2.27. The molecule has 5 nitrogen and oxygen atoms in total. The standard InChI is InChI=1S/C22H19ClN2O3/c23-19-3-1-2-4-20(19)28-18-10-12-25(14-18)22(27)16-7-5-15(6-8-16)21(26)17-9-11-24-13-17/h1-9,11,13,18,24H,10,12,14H2/t18-/m0/s1. The summed E-state index contributed by atoms with van der Waals surface area (Å²) in [4.78, 5) is 29.8. The highest BCUT2D eigenvalue weighted by Gasteiger charge is 2.28. The van der Waals surface area contributed by atoms with Gasteiger partial charge in [-0.05, 0) is 30.3 Å². The van der Waals surface area contributed by atoms with E-state index in [-0.39, 0.29) is 17.8 Å². The molecule has 28 heavy (non-hydrogen) atoms. The number of benzene rings is 2. The third kappa shape index (κ3) is 3.80. The molecule has 1 N–H and O–H groups in total. The Morgan fingerprint density at radius 3 is 2.46 bits per heavy atom. The minimum Gasteiger partial charge on any atom is -0.487 e. The first-order chi connectivity index (χ1) is 13.6. The average molecular weight is 395 g/mol. The SMILES string of the molecule is O=C(c1ccc(C(=O)N2CC[C@H](Oc3ccccc3Cl)C2)cc1)c1cc[nH]c1. The molecule has 4 rings (SSSR count). The van der Waals surface area contributed by atoms with Crippen LogP contribution in [0, 0.1) is 0 Å². The zero-order valence-corrected chi connectivity index (χ0v) is 15.9. The highest BCUT2D eigenvalue weighted by atomic mass is 35.5. The van der Waals surface area contributed by atoms with E-state index < -0.39 is 0 Å². The van der Waals surface area contributed by atoms with Gasteiger partial charge < -0.3 is 14.6 Å². The van der Waals surface area contributed by atoms with E-state index in [0.717, 1.165) is 6.42 Å². The van der Waals surface area contributed by atoms with Gasteiger partial charge in [-0.1, -0.05) is 35.9 Å². The van der Waals surface area contributed by atoms with Crippen LogP contribution in [-0.2, 0) is 0 Å². The number of para-hydroxylation sites is 1. The molecule has 0 spiro atoms. The Bertz CT molecular complexity index is 983. The number of carbonyl (C=O) groups is 2. The van der Waals surface area contributed by atoms with Gasteiger partial charge in [0.1, 0.15) is 11.9 Å². The number of hydrogen-bond acceptors (Lipinski definition) is 3. The lowest BCUT2D eigenvalue weighted by Crippen LogP contribution is -2.31. The Balaban J connectivity index is 1.39. The number of likely N-dealkylation sites (tertiary alicyclic amines) is 1. The first kappa shape index (κ1) is 18.3. The number of rotatable bonds is 5. The molecule has 1 amide bonds. The first-order valence-corrected chi connectivity index (χ1v) is 9.47. The van der Waals surface area contributed by atoms with Crippen molar-refractivity contribution in [3.05, 3.63) is 88.7 Å². The molecule has 1 atom stereocenters. The van der Waals surface area contributed by atoms with Gasteiger partial charge in [-0.2, -0.15) is 0 Å². The number of nitrogens with zero attached hydrogens (tertiary/aromatic N) is 1. The number of amides is 1. The summed E-state index contributed by atoms with van der Waals surface area (Å²) in [5, 5.41) is 0.565. The lowest BCUT2D eigenvalue weighted by atomic mass is 10.0. The van der Waals surface area contributed by atoms with E-state index in [0.29, 0.717) is 40.6 Å². The molecule has 6 heteroatoms. The van der Waals surface area contributed by atoms with Crippen molar-refractivity contribution in [2.75, 3.05) is 13.1 Å². The van der Waals surface area contributed by atoms with Crippen LogP contribution in [-0.4, -0.2) is 40.8 Å². The van der Waals surface area contributed by atoms with Crippen LogP contribution >= 0.6 is 11.6 Å². The van der Waals surface area contributed by atoms with Crippen LogP contribution in [0.2, 0.25) is 5.02 Å². The molecule has 0 aliphatic carbocycles. The predicted molar refractivity (Wildman–Crippen MR) is 107 cm³/mol. The zero-order chi connectivity index (χ0) is 19.5. The second-order valence-electron chi connectivity index (χ2n) is 6.72. The largest absolute Gasteiger partial charge is 0.487 e. The molecular weight excluding hydrogens is 376 g/mol. The summed E-state index contributed by atoms with van der Waals surface area (Å²) in [6.07, 6.45) is 4.03. The molecule has 1 aliphatic rings. The van der Waals surface area contributed by atoms with Crippen molar-refractivity contribution >= 4 is 23.3 Å². The molecule has 142 valence electrons. The maximum Gasteiger partial charge on any atom is 0.253 e. The Kier molecular flexibility index (Phi) is 5.17. The average Bonchev–Trinajstić information content (AvgIpc) is 3.41. The number of ketones is 1. The van der Waals surface area contributed by atoms with Gasteiger partial charge in [-0.25, -0.2) is 0 Å². The van der Waals surface area contributed by atoms with Gasteiger partial charge in [0.25, 0.3) is 5.91 Å². The van der Waals surface area contributed by atoms with Crippen molar-refractivity contribution in [1.29, 1.82) is 0 Å². The van der Waals surface area contributed by atoms with Crippen LogP contribution in [0.5, 0.6) is 5.75 Å². The summed E-state index contributed by atoms with van der Waals surface area (Å²) in [5.74, 6) is 0.497. The fourth-order valence-electron chi connectivity index (χ4n) is 3.31. The number of carbonyl (C=O) groups excluding carboxylic acids is 2. The Morgan fingerprint density at radius 1 is 1.00 bits per heavy atom.